The summed E-state index contributed by atoms with van der Waals surface area (Å²) in [7, 11) is 1.57. The van der Waals surface area contributed by atoms with Gasteiger partial charge in [-0.25, -0.2) is 0 Å². The van der Waals surface area contributed by atoms with Crippen LogP contribution in [0, 0.1) is 5.92 Å². The lowest BCUT2D eigenvalue weighted by Gasteiger charge is -2.35. The third kappa shape index (κ3) is 5.73. The smallest absolute Gasteiger partial charge is 0.262 e. The van der Waals surface area contributed by atoms with E-state index in [1.54, 1.807) is 54.5 Å². The zero-order chi connectivity index (χ0) is 22.2. The maximum Gasteiger partial charge on any atom is 0.262 e. The predicted octanol–water partition coefficient (Wildman–Crippen LogP) is 2.71. The number of hydrogen-bond acceptors (Lipinski definition) is 5. The quantitative estimate of drug-likeness (QED) is 0.617. The largest absolute Gasteiger partial charge is 0.497 e. The van der Waals surface area contributed by atoms with Crippen molar-refractivity contribution < 1.29 is 19.1 Å². The van der Waals surface area contributed by atoms with E-state index in [4.69, 9.17) is 4.74 Å². The molecule has 2 aromatic rings. The molecule has 3 amide bonds. The summed E-state index contributed by atoms with van der Waals surface area (Å²) in [6.45, 7) is 4.98. The molecule has 1 aromatic heterocycles. The van der Waals surface area contributed by atoms with Gasteiger partial charge in [-0.3, -0.25) is 14.4 Å². The number of likely N-dealkylation sites (tertiary alicyclic amines) is 1. The number of thiophene rings is 1. The van der Waals surface area contributed by atoms with Crippen molar-refractivity contribution in [2.24, 2.45) is 5.92 Å². The Labute approximate surface area is 186 Å². The number of methoxy groups -OCH3 is 1. The molecule has 2 N–H and O–H groups in total. The van der Waals surface area contributed by atoms with Crippen LogP contribution in [-0.2, 0) is 4.79 Å². The molecule has 164 valence electrons. The minimum Gasteiger partial charge on any atom is -0.497 e. The maximum absolute atomic E-state index is 12.9. The van der Waals surface area contributed by atoms with Crippen LogP contribution in [-0.4, -0.2) is 55.4 Å². The first-order valence-electron chi connectivity index (χ1n) is 10.2. The van der Waals surface area contributed by atoms with Crippen molar-refractivity contribution in [2.75, 3.05) is 26.7 Å². The van der Waals surface area contributed by atoms with Crippen molar-refractivity contribution in [2.45, 2.75) is 18.9 Å². The Morgan fingerprint density at radius 2 is 2.03 bits per heavy atom. The number of carbonyl (C=O) groups excluding carboxylic acids is 3. The Balaban J connectivity index is 1.66. The first-order valence-corrected chi connectivity index (χ1v) is 11.1. The molecule has 1 unspecified atom stereocenters. The average Bonchev–Trinajstić information content (AvgIpc) is 3.36. The second kappa shape index (κ2) is 10.8. The molecular formula is C23H27N3O4S. The second-order valence-electron chi connectivity index (χ2n) is 7.32. The molecule has 0 bridgehead atoms. The summed E-state index contributed by atoms with van der Waals surface area (Å²) < 4.78 is 5.21. The van der Waals surface area contributed by atoms with Crippen molar-refractivity contribution in [3.05, 3.63) is 64.9 Å². The lowest BCUT2D eigenvalue weighted by molar-refractivity contribution is -0.124. The van der Waals surface area contributed by atoms with E-state index in [0.29, 0.717) is 48.7 Å². The molecule has 3 rings (SSSR count). The number of rotatable bonds is 8. The van der Waals surface area contributed by atoms with Gasteiger partial charge in [0.15, 0.2) is 0 Å². The molecule has 2 heterocycles. The van der Waals surface area contributed by atoms with Crippen LogP contribution in [0.1, 0.15) is 32.9 Å². The van der Waals surface area contributed by atoms with Crippen LogP contribution < -0.4 is 15.4 Å². The van der Waals surface area contributed by atoms with E-state index in [9.17, 15) is 14.4 Å². The van der Waals surface area contributed by atoms with Crippen molar-refractivity contribution in [1.82, 2.24) is 15.5 Å². The van der Waals surface area contributed by atoms with Crippen LogP contribution in [0.15, 0.2) is 54.4 Å². The summed E-state index contributed by atoms with van der Waals surface area (Å²) in [6.07, 6.45) is 2.84. The van der Waals surface area contributed by atoms with E-state index in [2.05, 4.69) is 17.2 Å². The van der Waals surface area contributed by atoms with Crippen LogP contribution in [0.25, 0.3) is 0 Å². The van der Waals surface area contributed by atoms with Gasteiger partial charge in [-0.1, -0.05) is 18.2 Å². The molecule has 1 aliphatic heterocycles. The Morgan fingerprint density at radius 3 is 2.68 bits per heavy atom. The van der Waals surface area contributed by atoms with Crippen molar-refractivity contribution in [3.63, 3.8) is 0 Å². The Morgan fingerprint density at radius 1 is 1.26 bits per heavy atom. The second-order valence-corrected chi connectivity index (χ2v) is 8.27. The van der Waals surface area contributed by atoms with E-state index < -0.39 is 6.04 Å². The van der Waals surface area contributed by atoms with Gasteiger partial charge < -0.3 is 20.3 Å². The van der Waals surface area contributed by atoms with Gasteiger partial charge in [-0.2, -0.15) is 0 Å². The number of carbonyl (C=O) groups is 3. The summed E-state index contributed by atoms with van der Waals surface area (Å²) in [5, 5.41) is 7.51. The first kappa shape index (κ1) is 22.6. The lowest BCUT2D eigenvalue weighted by Crippen LogP contribution is -2.53. The summed E-state index contributed by atoms with van der Waals surface area (Å²) >= 11 is 1.33. The normalized spacial score (nSPS) is 15.1. The van der Waals surface area contributed by atoms with Gasteiger partial charge in [-0.05, 0) is 48.4 Å². The SMILES string of the molecule is C=CCNC(=O)C(NC(=O)c1cccs1)C1CCN(C(=O)c2cccc(OC)c2)CC1. The van der Waals surface area contributed by atoms with Crippen molar-refractivity contribution in [1.29, 1.82) is 0 Å². The van der Waals surface area contributed by atoms with E-state index >= 15 is 0 Å². The molecule has 1 saturated heterocycles. The average molecular weight is 442 g/mol. The number of nitrogens with one attached hydrogen (secondary N) is 2. The van der Waals surface area contributed by atoms with Crippen LogP contribution in [0.5, 0.6) is 5.75 Å². The molecule has 1 atom stereocenters. The number of piperidine rings is 1. The van der Waals surface area contributed by atoms with Gasteiger partial charge in [0.1, 0.15) is 11.8 Å². The maximum atomic E-state index is 12.9. The highest BCUT2D eigenvalue weighted by molar-refractivity contribution is 7.12. The molecule has 0 saturated carbocycles. The van der Waals surface area contributed by atoms with Crippen molar-refractivity contribution >= 4 is 29.1 Å². The topological polar surface area (TPSA) is 87.7 Å². The molecule has 8 heteroatoms. The minimum absolute atomic E-state index is 0.0624. The first-order chi connectivity index (χ1) is 15.0. The van der Waals surface area contributed by atoms with Crippen LogP contribution in [0.2, 0.25) is 0 Å². The Bertz CT molecular complexity index is 921. The lowest BCUT2D eigenvalue weighted by atomic mass is 9.88. The monoisotopic (exact) mass is 441 g/mol. The molecular weight excluding hydrogens is 414 g/mol. The molecule has 0 radical (unpaired) electrons. The van der Waals surface area contributed by atoms with Gasteiger partial charge in [-0.15, -0.1) is 17.9 Å². The summed E-state index contributed by atoms with van der Waals surface area (Å²) in [5.41, 5.74) is 0.573. The van der Waals surface area contributed by atoms with Gasteiger partial charge in [0.25, 0.3) is 11.8 Å². The Hall–Kier alpha value is -3.13. The molecule has 7 nitrogen and oxygen atoms in total. The van der Waals surface area contributed by atoms with Crippen LogP contribution >= 0.6 is 11.3 Å². The summed E-state index contributed by atoms with van der Waals surface area (Å²) in [4.78, 5) is 40.5. The van der Waals surface area contributed by atoms with Crippen LogP contribution in [0.4, 0.5) is 0 Å². The number of ether oxygens (including phenoxy) is 1. The molecule has 0 spiro atoms. The summed E-state index contributed by atoms with van der Waals surface area (Å²) in [6, 6.07) is 9.95. The molecule has 31 heavy (non-hydrogen) atoms. The highest BCUT2D eigenvalue weighted by Crippen LogP contribution is 2.24. The van der Waals surface area contributed by atoms with E-state index in [0.717, 1.165) is 0 Å². The van der Waals surface area contributed by atoms with Gasteiger partial charge in [0.05, 0.1) is 12.0 Å². The highest BCUT2D eigenvalue weighted by Gasteiger charge is 2.34. The van der Waals surface area contributed by atoms with Crippen LogP contribution in [0.3, 0.4) is 0 Å². The zero-order valence-electron chi connectivity index (χ0n) is 17.5. The van der Waals surface area contributed by atoms with E-state index in [1.807, 2.05) is 5.38 Å². The third-order valence-electron chi connectivity index (χ3n) is 5.35. The van der Waals surface area contributed by atoms with Gasteiger partial charge in [0.2, 0.25) is 5.91 Å². The molecule has 1 aliphatic rings. The Kier molecular flexibility index (Phi) is 7.83. The van der Waals surface area contributed by atoms with Gasteiger partial charge >= 0.3 is 0 Å². The number of hydrogen-bond donors (Lipinski definition) is 2. The standard InChI is InChI=1S/C23H27N3O4S/c1-3-11-24-22(28)20(25-21(27)19-8-5-14-31-19)16-9-12-26(13-10-16)23(29)17-6-4-7-18(15-17)30-2/h3-8,14-16,20H,1,9-13H2,2H3,(H,24,28)(H,25,27). The summed E-state index contributed by atoms with van der Waals surface area (Å²) in [5.74, 6) is 0.0118. The van der Waals surface area contributed by atoms with E-state index in [1.165, 1.54) is 11.3 Å². The fraction of sp³-hybridized carbons (Fsp3) is 0.348. The fourth-order valence-electron chi connectivity index (χ4n) is 3.67. The zero-order valence-corrected chi connectivity index (χ0v) is 18.3. The number of amides is 3. The molecule has 1 fully saturated rings. The molecule has 0 aliphatic carbocycles. The minimum atomic E-state index is -0.663. The predicted molar refractivity (Wildman–Crippen MR) is 120 cm³/mol. The highest BCUT2D eigenvalue weighted by atomic mass is 32.1. The van der Waals surface area contributed by atoms with Crippen molar-refractivity contribution in [3.8, 4) is 5.75 Å². The molecule has 1 aromatic carbocycles. The van der Waals surface area contributed by atoms with E-state index in [-0.39, 0.29) is 23.6 Å². The number of nitrogens with zero attached hydrogens (tertiary/aromatic N) is 1. The fourth-order valence-corrected chi connectivity index (χ4v) is 4.30. The third-order valence-corrected chi connectivity index (χ3v) is 6.22. The van der Waals surface area contributed by atoms with Gasteiger partial charge in [0, 0.05) is 25.2 Å². The number of benzene rings is 1.